The van der Waals surface area contributed by atoms with Crippen LogP contribution >= 0.6 is 0 Å². The molecule has 0 bridgehead atoms. The quantitative estimate of drug-likeness (QED) is 0.696. The van der Waals surface area contributed by atoms with E-state index in [1.54, 1.807) is 12.4 Å². The summed E-state index contributed by atoms with van der Waals surface area (Å²) in [6, 6.07) is 1.95. The number of carbonyl (C=O) groups is 1. The maximum Gasteiger partial charge on any atom is 0.339 e. The van der Waals surface area contributed by atoms with Crippen molar-refractivity contribution in [1.82, 2.24) is 4.98 Å². The van der Waals surface area contributed by atoms with Crippen LogP contribution in [0.15, 0.2) is 18.5 Å². The molecule has 80 valence electrons. The average molecular weight is 205 g/mol. The number of pyridine rings is 1. The highest BCUT2D eigenvalue weighted by Crippen LogP contribution is 2.35. The van der Waals surface area contributed by atoms with Crippen LogP contribution in [0.25, 0.3) is 0 Å². The fourth-order valence-corrected chi connectivity index (χ4v) is 2.28. The van der Waals surface area contributed by atoms with E-state index in [1.807, 2.05) is 6.07 Å². The first-order valence-corrected chi connectivity index (χ1v) is 5.35. The van der Waals surface area contributed by atoms with Crippen molar-refractivity contribution in [2.75, 3.05) is 7.11 Å². The normalized spacial score (nSPS) is 16.6. The van der Waals surface area contributed by atoms with Crippen molar-refractivity contribution >= 4 is 5.97 Å². The third-order valence-corrected chi connectivity index (χ3v) is 3.06. The molecule has 1 fully saturated rings. The number of hydrogen-bond acceptors (Lipinski definition) is 3. The lowest BCUT2D eigenvalue weighted by Gasteiger charge is -2.12. The van der Waals surface area contributed by atoms with E-state index in [2.05, 4.69) is 4.98 Å². The summed E-state index contributed by atoms with van der Waals surface area (Å²) < 4.78 is 4.76. The zero-order chi connectivity index (χ0) is 10.7. The van der Waals surface area contributed by atoms with E-state index in [1.165, 1.54) is 32.8 Å². The molecule has 0 radical (unpaired) electrons. The van der Waals surface area contributed by atoms with Gasteiger partial charge in [-0.25, -0.2) is 4.79 Å². The van der Waals surface area contributed by atoms with Crippen LogP contribution in [-0.4, -0.2) is 18.1 Å². The lowest BCUT2D eigenvalue weighted by molar-refractivity contribution is 0.0598. The zero-order valence-electron chi connectivity index (χ0n) is 8.90. The summed E-state index contributed by atoms with van der Waals surface area (Å²) in [6.45, 7) is 0. The molecule has 0 aromatic carbocycles. The molecular formula is C12H15NO2. The average Bonchev–Trinajstić information content (AvgIpc) is 2.81. The molecule has 15 heavy (non-hydrogen) atoms. The van der Waals surface area contributed by atoms with Gasteiger partial charge in [0.25, 0.3) is 0 Å². The van der Waals surface area contributed by atoms with Crippen LogP contribution in [0.3, 0.4) is 0 Å². The Kier molecular flexibility index (Phi) is 2.99. The van der Waals surface area contributed by atoms with Crippen molar-refractivity contribution in [3.8, 4) is 0 Å². The van der Waals surface area contributed by atoms with E-state index in [-0.39, 0.29) is 5.97 Å². The number of methoxy groups -OCH3 is 1. The zero-order valence-corrected chi connectivity index (χ0v) is 8.90. The monoisotopic (exact) mass is 205 g/mol. The number of esters is 1. The molecule has 0 unspecified atom stereocenters. The molecule has 1 saturated carbocycles. The summed E-state index contributed by atoms with van der Waals surface area (Å²) in [4.78, 5) is 15.5. The molecule has 0 amide bonds. The molecule has 1 aromatic heterocycles. The number of rotatable bonds is 2. The first kappa shape index (κ1) is 10.1. The Balaban J connectivity index is 2.32. The van der Waals surface area contributed by atoms with Crippen molar-refractivity contribution in [3.05, 3.63) is 29.6 Å². The molecule has 1 heterocycles. The number of aromatic nitrogens is 1. The predicted molar refractivity (Wildman–Crippen MR) is 56.8 cm³/mol. The Labute approximate surface area is 89.5 Å². The van der Waals surface area contributed by atoms with Gasteiger partial charge in [-0.3, -0.25) is 4.98 Å². The molecule has 0 N–H and O–H groups in total. The molecule has 3 heteroatoms. The summed E-state index contributed by atoms with van der Waals surface area (Å²) in [5.74, 6) is 0.243. The largest absolute Gasteiger partial charge is 0.465 e. The maximum atomic E-state index is 11.5. The fourth-order valence-electron chi connectivity index (χ4n) is 2.28. The molecule has 1 aromatic rings. The van der Waals surface area contributed by atoms with E-state index in [9.17, 15) is 4.79 Å². The summed E-state index contributed by atoms with van der Waals surface area (Å²) >= 11 is 0. The van der Waals surface area contributed by atoms with E-state index >= 15 is 0 Å². The SMILES string of the molecule is COC(=O)c1cnccc1C1CCCC1. The second-order valence-corrected chi connectivity index (χ2v) is 3.94. The molecule has 0 atom stereocenters. The Bertz CT molecular complexity index is 356. The van der Waals surface area contributed by atoms with Crippen LogP contribution in [0.5, 0.6) is 0 Å². The maximum absolute atomic E-state index is 11.5. The Morgan fingerprint density at radius 2 is 2.20 bits per heavy atom. The lowest BCUT2D eigenvalue weighted by atomic mass is 9.94. The van der Waals surface area contributed by atoms with Gasteiger partial charge in [-0.15, -0.1) is 0 Å². The smallest absolute Gasteiger partial charge is 0.339 e. The fraction of sp³-hybridized carbons (Fsp3) is 0.500. The van der Waals surface area contributed by atoms with Crippen molar-refractivity contribution in [1.29, 1.82) is 0 Å². The van der Waals surface area contributed by atoms with Crippen LogP contribution in [0.2, 0.25) is 0 Å². The topological polar surface area (TPSA) is 39.2 Å². The van der Waals surface area contributed by atoms with Gasteiger partial charge in [-0.1, -0.05) is 12.8 Å². The van der Waals surface area contributed by atoms with Crippen molar-refractivity contribution in [2.24, 2.45) is 0 Å². The predicted octanol–water partition coefficient (Wildman–Crippen LogP) is 2.53. The van der Waals surface area contributed by atoms with E-state index in [0.29, 0.717) is 11.5 Å². The van der Waals surface area contributed by atoms with E-state index in [4.69, 9.17) is 4.74 Å². The molecular weight excluding hydrogens is 190 g/mol. The molecule has 0 aliphatic heterocycles. The van der Waals surface area contributed by atoms with E-state index < -0.39 is 0 Å². The summed E-state index contributed by atoms with van der Waals surface area (Å²) in [6.07, 6.45) is 8.22. The van der Waals surface area contributed by atoms with Gasteiger partial charge in [0.15, 0.2) is 0 Å². The molecule has 1 aliphatic rings. The molecule has 0 spiro atoms. The van der Waals surface area contributed by atoms with Gasteiger partial charge in [-0.05, 0) is 30.4 Å². The van der Waals surface area contributed by atoms with Gasteiger partial charge < -0.3 is 4.74 Å². The van der Waals surface area contributed by atoms with Crippen molar-refractivity contribution in [2.45, 2.75) is 31.6 Å². The third-order valence-electron chi connectivity index (χ3n) is 3.06. The minimum atomic E-state index is -0.273. The van der Waals surface area contributed by atoms with Gasteiger partial charge in [0, 0.05) is 12.4 Å². The number of nitrogens with zero attached hydrogens (tertiary/aromatic N) is 1. The molecule has 0 saturated heterocycles. The molecule has 2 rings (SSSR count). The Morgan fingerprint density at radius 3 is 2.87 bits per heavy atom. The summed E-state index contributed by atoms with van der Waals surface area (Å²) in [5.41, 5.74) is 1.74. The summed E-state index contributed by atoms with van der Waals surface area (Å²) in [7, 11) is 1.41. The summed E-state index contributed by atoms with van der Waals surface area (Å²) in [5, 5.41) is 0. The van der Waals surface area contributed by atoms with Gasteiger partial charge in [0.05, 0.1) is 12.7 Å². The highest BCUT2D eigenvalue weighted by Gasteiger charge is 2.22. The minimum absolute atomic E-state index is 0.273. The number of hydrogen-bond donors (Lipinski definition) is 0. The standard InChI is InChI=1S/C12H15NO2/c1-15-12(14)11-8-13-7-6-10(11)9-4-2-3-5-9/h6-9H,2-5H2,1H3. The highest BCUT2D eigenvalue weighted by molar-refractivity contribution is 5.90. The highest BCUT2D eigenvalue weighted by atomic mass is 16.5. The molecule has 3 nitrogen and oxygen atoms in total. The van der Waals surface area contributed by atoms with Crippen LogP contribution in [0.1, 0.15) is 47.5 Å². The van der Waals surface area contributed by atoms with Crippen LogP contribution in [0, 0.1) is 0 Å². The second kappa shape index (κ2) is 4.43. The van der Waals surface area contributed by atoms with E-state index in [0.717, 1.165) is 5.56 Å². The second-order valence-electron chi connectivity index (χ2n) is 3.94. The Morgan fingerprint density at radius 1 is 1.47 bits per heavy atom. The lowest BCUT2D eigenvalue weighted by Crippen LogP contribution is -2.08. The molecule has 1 aliphatic carbocycles. The Hall–Kier alpha value is -1.38. The number of carbonyl (C=O) groups excluding carboxylic acids is 1. The van der Waals surface area contributed by atoms with Gasteiger partial charge in [0.2, 0.25) is 0 Å². The minimum Gasteiger partial charge on any atom is -0.465 e. The van der Waals surface area contributed by atoms with Gasteiger partial charge >= 0.3 is 5.97 Å². The first-order chi connectivity index (χ1) is 7.33. The van der Waals surface area contributed by atoms with Crippen LogP contribution in [-0.2, 0) is 4.74 Å². The van der Waals surface area contributed by atoms with Gasteiger partial charge in [-0.2, -0.15) is 0 Å². The van der Waals surface area contributed by atoms with Crippen LogP contribution < -0.4 is 0 Å². The van der Waals surface area contributed by atoms with Crippen LogP contribution in [0.4, 0.5) is 0 Å². The number of ether oxygens (including phenoxy) is 1. The van der Waals surface area contributed by atoms with Crippen molar-refractivity contribution in [3.63, 3.8) is 0 Å². The third kappa shape index (κ3) is 2.01. The first-order valence-electron chi connectivity index (χ1n) is 5.35. The van der Waals surface area contributed by atoms with Gasteiger partial charge in [0.1, 0.15) is 0 Å². The van der Waals surface area contributed by atoms with Crippen molar-refractivity contribution < 1.29 is 9.53 Å².